The maximum atomic E-state index is 10.9. The Labute approximate surface area is 97.9 Å². The SMILES string of the molecule is CS(=O)(=O)NCCN1CCCCC1CCO. The smallest absolute Gasteiger partial charge is 0.208 e. The summed E-state index contributed by atoms with van der Waals surface area (Å²) in [6.45, 7) is 2.41. The Balaban J connectivity index is 2.32. The first kappa shape index (κ1) is 13.9. The number of likely N-dealkylation sites (tertiary alicyclic amines) is 1. The number of sulfonamides is 1. The zero-order chi connectivity index (χ0) is 12.0. The van der Waals surface area contributed by atoms with Crippen molar-refractivity contribution >= 4 is 10.0 Å². The third-order valence-electron chi connectivity index (χ3n) is 2.97. The molecule has 0 spiro atoms. The van der Waals surface area contributed by atoms with Gasteiger partial charge in [-0.1, -0.05) is 6.42 Å². The van der Waals surface area contributed by atoms with Crippen molar-refractivity contribution in [3.05, 3.63) is 0 Å². The number of nitrogens with zero attached hydrogens (tertiary/aromatic N) is 1. The largest absolute Gasteiger partial charge is 0.396 e. The number of nitrogens with one attached hydrogen (secondary N) is 1. The van der Waals surface area contributed by atoms with Gasteiger partial charge in [0.05, 0.1) is 6.26 Å². The number of rotatable bonds is 6. The van der Waals surface area contributed by atoms with Crippen molar-refractivity contribution in [2.45, 2.75) is 31.7 Å². The van der Waals surface area contributed by atoms with Gasteiger partial charge in [-0.25, -0.2) is 13.1 Å². The number of piperidine rings is 1. The molecule has 0 radical (unpaired) electrons. The van der Waals surface area contributed by atoms with E-state index in [0.29, 0.717) is 12.6 Å². The third kappa shape index (κ3) is 5.25. The summed E-state index contributed by atoms with van der Waals surface area (Å²) in [5.74, 6) is 0. The van der Waals surface area contributed by atoms with Crippen molar-refractivity contribution < 1.29 is 13.5 Å². The van der Waals surface area contributed by atoms with E-state index < -0.39 is 10.0 Å². The van der Waals surface area contributed by atoms with E-state index in [-0.39, 0.29) is 6.61 Å². The van der Waals surface area contributed by atoms with Crippen molar-refractivity contribution in [3.8, 4) is 0 Å². The van der Waals surface area contributed by atoms with Gasteiger partial charge >= 0.3 is 0 Å². The first-order valence-electron chi connectivity index (χ1n) is 5.82. The monoisotopic (exact) mass is 250 g/mol. The molecule has 1 heterocycles. The van der Waals surface area contributed by atoms with E-state index in [4.69, 9.17) is 5.11 Å². The zero-order valence-corrected chi connectivity index (χ0v) is 10.7. The van der Waals surface area contributed by atoms with Crippen LogP contribution in [0.15, 0.2) is 0 Å². The molecule has 0 aromatic rings. The number of aliphatic hydroxyl groups is 1. The summed E-state index contributed by atoms with van der Waals surface area (Å²) >= 11 is 0. The maximum Gasteiger partial charge on any atom is 0.208 e. The van der Waals surface area contributed by atoms with Crippen molar-refractivity contribution in [2.24, 2.45) is 0 Å². The molecule has 1 saturated heterocycles. The zero-order valence-electron chi connectivity index (χ0n) is 9.85. The van der Waals surface area contributed by atoms with Gasteiger partial charge in [0.1, 0.15) is 0 Å². The molecule has 5 nitrogen and oxygen atoms in total. The molecule has 0 saturated carbocycles. The van der Waals surface area contributed by atoms with E-state index >= 15 is 0 Å². The molecule has 16 heavy (non-hydrogen) atoms. The molecule has 1 rings (SSSR count). The molecule has 96 valence electrons. The summed E-state index contributed by atoms with van der Waals surface area (Å²) < 4.78 is 24.3. The summed E-state index contributed by atoms with van der Waals surface area (Å²) in [5.41, 5.74) is 0. The Hall–Kier alpha value is -0.170. The highest BCUT2D eigenvalue weighted by atomic mass is 32.2. The van der Waals surface area contributed by atoms with E-state index in [1.54, 1.807) is 0 Å². The van der Waals surface area contributed by atoms with Gasteiger partial charge in [-0.2, -0.15) is 0 Å². The van der Waals surface area contributed by atoms with Gasteiger partial charge < -0.3 is 5.11 Å². The molecule has 1 unspecified atom stereocenters. The Morgan fingerprint density at radius 1 is 1.44 bits per heavy atom. The Kier molecular flexibility index (Phi) is 5.68. The standard InChI is InChI=1S/C10H22N2O3S/c1-16(14,15)11-6-8-12-7-3-2-4-10(12)5-9-13/h10-11,13H,2-9H2,1H3. The van der Waals surface area contributed by atoms with Crippen LogP contribution in [0.5, 0.6) is 0 Å². The van der Waals surface area contributed by atoms with Crippen LogP contribution in [-0.2, 0) is 10.0 Å². The lowest BCUT2D eigenvalue weighted by Gasteiger charge is -2.35. The Morgan fingerprint density at radius 2 is 2.19 bits per heavy atom. The fourth-order valence-corrected chi connectivity index (χ4v) is 2.67. The van der Waals surface area contributed by atoms with Gasteiger partial charge in [-0.3, -0.25) is 4.90 Å². The van der Waals surface area contributed by atoms with E-state index in [9.17, 15) is 8.42 Å². The second kappa shape index (κ2) is 6.54. The molecule has 1 aliphatic heterocycles. The molecule has 0 aromatic carbocycles. The van der Waals surface area contributed by atoms with E-state index in [1.165, 1.54) is 19.1 Å². The molecule has 1 aliphatic rings. The van der Waals surface area contributed by atoms with Gasteiger partial charge in [0.2, 0.25) is 10.0 Å². The maximum absolute atomic E-state index is 10.9. The Bertz CT molecular complexity index is 290. The summed E-state index contributed by atoms with van der Waals surface area (Å²) in [5, 5.41) is 8.95. The van der Waals surface area contributed by atoms with Crippen LogP contribution < -0.4 is 4.72 Å². The number of aliphatic hydroxyl groups excluding tert-OH is 1. The molecule has 1 fully saturated rings. The van der Waals surface area contributed by atoms with E-state index in [0.717, 1.165) is 25.9 Å². The van der Waals surface area contributed by atoms with Crippen LogP contribution in [0.1, 0.15) is 25.7 Å². The van der Waals surface area contributed by atoms with Gasteiger partial charge in [0.15, 0.2) is 0 Å². The van der Waals surface area contributed by atoms with Crippen molar-refractivity contribution in [1.29, 1.82) is 0 Å². The fraction of sp³-hybridized carbons (Fsp3) is 1.00. The lowest BCUT2D eigenvalue weighted by molar-refractivity contribution is 0.122. The molecule has 0 amide bonds. The molecule has 0 aliphatic carbocycles. The average molecular weight is 250 g/mol. The number of hydrogen-bond donors (Lipinski definition) is 2. The van der Waals surface area contributed by atoms with Crippen molar-refractivity contribution in [2.75, 3.05) is 32.5 Å². The Morgan fingerprint density at radius 3 is 2.81 bits per heavy atom. The molecule has 0 aromatic heterocycles. The minimum atomic E-state index is -3.08. The third-order valence-corrected chi connectivity index (χ3v) is 3.70. The lowest BCUT2D eigenvalue weighted by atomic mass is 10.00. The highest BCUT2D eigenvalue weighted by molar-refractivity contribution is 7.88. The first-order chi connectivity index (χ1) is 7.53. The van der Waals surface area contributed by atoms with Crippen LogP contribution >= 0.6 is 0 Å². The summed E-state index contributed by atoms with van der Waals surface area (Å²) in [7, 11) is -3.08. The normalized spacial score (nSPS) is 23.5. The van der Waals surface area contributed by atoms with Crippen LogP contribution in [0.25, 0.3) is 0 Å². The topological polar surface area (TPSA) is 69.6 Å². The van der Waals surface area contributed by atoms with Crippen LogP contribution in [0.2, 0.25) is 0 Å². The van der Waals surface area contributed by atoms with Crippen LogP contribution in [-0.4, -0.2) is 57.0 Å². The van der Waals surface area contributed by atoms with Crippen LogP contribution in [0.4, 0.5) is 0 Å². The van der Waals surface area contributed by atoms with Crippen LogP contribution in [0.3, 0.4) is 0 Å². The molecular weight excluding hydrogens is 228 g/mol. The van der Waals surface area contributed by atoms with Gasteiger partial charge in [0.25, 0.3) is 0 Å². The second-order valence-corrected chi connectivity index (χ2v) is 6.20. The quantitative estimate of drug-likeness (QED) is 0.683. The average Bonchev–Trinajstić information content (AvgIpc) is 2.19. The highest BCUT2D eigenvalue weighted by Gasteiger charge is 2.21. The van der Waals surface area contributed by atoms with Crippen molar-refractivity contribution in [1.82, 2.24) is 9.62 Å². The summed E-state index contributed by atoms with van der Waals surface area (Å²) in [6, 6.07) is 0.417. The summed E-state index contributed by atoms with van der Waals surface area (Å²) in [6.07, 6.45) is 5.45. The second-order valence-electron chi connectivity index (χ2n) is 4.36. The highest BCUT2D eigenvalue weighted by Crippen LogP contribution is 2.18. The predicted octanol–water partition coefficient (Wildman–Crippen LogP) is -0.227. The van der Waals surface area contributed by atoms with Gasteiger partial charge in [-0.05, 0) is 25.8 Å². The molecule has 1 atom stereocenters. The molecule has 0 bridgehead atoms. The minimum absolute atomic E-state index is 0.209. The predicted molar refractivity (Wildman–Crippen MR) is 63.8 cm³/mol. The van der Waals surface area contributed by atoms with Gasteiger partial charge in [0, 0.05) is 25.7 Å². The summed E-state index contributed by atoms with van der Waals surface area (Å²) in [4.78, 5) is 2.28. The molecule has 2 N–H and O–H groups in total. The van der Waals surface area contributed by atoms with E-state index in [1.807, 2.05) is 0 Å². The van der Waals surface area contributed by atoms with Gasteiger partial charge in [-0.15, -0.1) is 0 Å². The first-order valence-corrected chi connectivity index (χ1v) is 7.71. The fourth-order valence-electron chi connectivity index (χ4n) is 2.20. The number of hydrogen-bond acceptors (Lipinski definition) is 4. The lowest BCUT2D eigenvalue weighted by Crippen LogP contribution is -2.44. The van der Waals surface area contributed by atoms with E-state index in [2.05, 4.69) is 9.62 Å². The van der Waals surface area contributed by atoms with Crippen molar-refractivity contribution in [3.63, 3.8) is 0 Å². The minimum Gasteiger partial charge on any atom is -0.396 e. The molecular formula is C10H22N2O3S. The van der Waals surface area contributed by atoms with Crippen LogP contribution in [0, 0.1) is 0 Å². The molecule has 6 heteroatoms.